The van der Waals surface area contributed by atoms with Crippen molar-refractivity contribution in [3.8, 4) is 17.2 Å². The first kappa shape index (κ1) is 17.7. The predicted octanol–water partition coefficient (Wildman–Crippen LogP) is 3.08. The Hall–Kier alpha value is -3.68. The van der Waals surface area contributed by atoms with Gasteiger partial charge in [0.2, 0.25) is 5.82 Å². The molecule has 0 aliphatic carbocycles. The summed E-state index contributed by atoms with van der Waals surface area (Å²) in [6.07, 6.45) is 5.56. The van der Waals surface area contributed by atoms with Crippen LogP contribution in [0.15, 0.2) is 65.6 Å². The quantitative estimate of drug-likeness (QED) is 0.490. The molecule has 0 unspecified atom stereocenters. The molecule has 0 N–H and O–H groups in total. The topological polar surface area (TPSA) is 82.1 Å². The smallest absolute Gasteiger partial charge is 0.259 e. The van der Waals surface area contributed by atoms with Gasteiger partial charge in [0.05, 0.1) is 11.8 Å². The Morgan fingerprint density at radius 2 is 1.96 bits per heavy atom. The van der Waals surface area contributed by atoms with Crippen LogP contribution in [-0.2, 0) is 20.2 Å². The molecule has 8 heteroatoms. The molecule has 4 rings (SSSR count). The van der Waals surface area contributed by atoms with E-state index < -0.39 is 0 Å². The van der Waals surface area contributed by atoms with Crippen LogP contribution in [0.5, 0.6) is 5.75 Å². The van der Waals surface area contributed by atoms with Crippen LogP contribution >= 0.6 is 0 Å². The predicted molar refractivity (Wildman–Crippen MR) is 104 cm³/mol. The van der Waals surface area contributed by atoms with Crippen molar-refractivity contribution in [2.75, 3.05) is 11.9 Å². The monoisotopic (exact) mass is 376 g/mol. The van der Waals surface area contributed by atoms with Crippen LogP contribution in [0, 0.1) is 0 Å². The third kappa shape index (κ3) is 4.17. The molecule has 3 aromatic heterocycles. The lowest BCUT2D eigenvalue weighted by Crippen LogP contribution is -2.17. The van der Waals surface area contributed by atoms with E-state index in [-0.39, 0.29) is 6.61 Å². The van der Waals surface area contributed by atoms with Crippen molar-refractivity contribution in [2.24, 2.45) is 7.05 Å². The number of pyridine rings is 1. The molecular weight excluding hydrogens is 356 g/mol. The fourth-order valence-electron chi connectivity index (χ4n) is 2.74. The third-order valence-corrected chi connectivity index (χ3v) is 4.14. The van der Waals surface area contributed by atoms with Gasteiger partial charge in [-0.25, -0.2) is 4.98 Å². The maximum Gasteiger partial charge on any atom is 0.259 e. The molecular formula is C20H20N6O2. The van der Waals surface area contributed by atoms with Crippen LogP contribution in [-0.4, -0.2) is 32.0 Å². The molecule has 8 nitrogen and oxygen atoms in total. The van der Waals surface area contributed by atoms with Crippen LogP contribution < -0.4 is 9.64 Å². The molecule has 0 bridgehead atoms. The average Bonchev–Trinajstić information content (AvgIpc) is 3.36. The molecule has 0 atom stereocenters. The summed E-state index contributed by atoms with van der Waals surface area (Å²) in [5.41, 5.74) is 1.88. The molecule has 3 heterocycles. The Morgan fingerprint density at radius 3 is 2.68 bits per heavy atom. The van der Waals surface area contributed by atoms with Crippen molar-refractivity contribution in [3.05, 3.63) is 72.4 Å². The van der Waals surface area contributed by atoms with Crippen molar-refractivity contribution in [3.63, 3.8) is 0 Å². The van der Waals surface area contributed by atoms with Gasteiger partial charge >= 0.3 is 0 Å². The molecule has 0 amide bonds. The number of hydrogen-bond donors (Lipinski definition) is 0. The fourth-order valence-corrected chi connectivity index (χ4v) is 2.74. The lowest BCUT2D eigenvalue weighted by atomic mass is 10.2. The highest BCUT2D eigenvalue weighted by atomic mass is 16.5. The maximum absolute atomic E-state index is 5.64. The first-order valence-corrected chi connectivity index (χ1v) is 8.83. The molecule has 28 heavy (non-hydrogen) atoms. The van der Waals surface area contributed by atoms with Gasteiger partial charge in [-0.05, 0) is 24.3 Å². The van der Waals surface area contributed by atoms with Crippen molar-refractivity contribution in [2.45, 2.75) is 13.2 Å². The molecule has 0 saturated heterocycles. The Morgan fingerprint density at radius 1 is 1.11 bits per heavy atom. The fraction of sp³-hybridized carbons (Fsp3) is 0.200. The maximum atomic E-state index is 5.64. The molecule has 0 aliphatic heterocycles. The first-order chi connectivity index (χ1) is 13.7. The highest BCUT2D eigenvalue weighted by Gasteiger charge is 2.11. The molecule has 0 radical (unpaired) electrons. The number of para-hydroxylation sites is 1. The van der Waals surface area contributed by atoms with E-state index in [0.29, 0.717) is 11.7 Å². The first-order valence-electron chi connectivity index (χ1n) is 8.83. The van der Waals surface area contributed by atoms with E-state index in [1.54, 1.807) is 10.9 Å². The molecule has 1 aromatic carbocycles. The molecule has 4 aromatic rings. The summed E-state index contributed by atoms with van der Waals surface area (Å²) in [7, 11) is 3.89. The van der Waals surface area contributed by atoms with Crippen molar-refractivity contribution >= 4 is 5.82 Å². The van der Waals surface area contributed by atoms with Crippen LogP contribution in [0.3, 0.4) is 0 Å². The van der Waals surface area contributed by atoms with E-state index in [1.807, 2.05) is 73.9 Å². The SMILES string of the molecule is CN(Cc1cnn(C)c1)c1ccc(-c2nc(COc3ccccc3)no2)cn1. The van der Waals surface area contributed by atoms with Crippen LogP contribution in [0.2, 0.25) is 0 Å². The second-order valence-electron chi connectivity index (χ2n) is 6.40. The minimum atomic E-state index is 0.243. The van der Waals surface area contributed by atoms with Gasteiger partial charge in [-0.15, -0.1) is 0 Å². The van der Waals surface area contributed by atoms with Gasteiger partial charge in [-0.2, -0.15) is 10.1 Å². The number of aryl methyl sites for hydroxylation is 1. The van der Waals surface area contributed by atoms with Gasteiger partial charge in [0.25, 0.3) is 5.89 Å². The van der Waals surface area contributed by atoms with E-state index >= 15 is 0 Å². The Kier molecular flexibility index (Phi) is 5.01. The number of nitrogens with zero attached hydrogens (tertiary/aromatic N) is 6. The van der Waals surface area contributed by atoms with Crippen LogP contribution in [0.25, 0.3) is 11.5 Å². The summed E-state index contributed by atoms with van der Waals surface area (Å²) in [5.74, 6) is 2.51. The van der Waals surface area contributed by atoms with E-state index in [0.717, 1.165) is 29.2 Å². The standard InChI is InChI=1S/C20H20N6O2/c1-25(12-15-10-22-26(2)13-15)19-9-8-16(11-21-19)20-23-18(24-28-20)14-27-17-6-4-3-5-7-17/h3-11,13H,12,14H2,1-2H3. The number of aromatic nitrogens is 5. The lowest BCUT2D eigenvalue weighted by molar-refractivity contribution is 0.287. The van der Waals surface area contributed by atoms with Crippen LogP contribution in [0.4, 0.5) is 5.82 Å². The number of ether oxygens (including phenoxy) is 1. The zero-order chi connectivity index (χ0) is 19.3. The molecule has 0 aliphatic rings. The number of hydrogen-bond acceptors (Lipinski definition) is 7. The number of benzene rings is 1. The highest BCUT2D eigenvalue weighted by Crippen LogP contribution is 2.20. The van der Waals surface area contributed by atoms with Gasteiger partial charge in [-0.3, -0.25) is 4.68 Å². The van der Waals surface area contributed by atoms with Crippen molar-refractivity contribution < 1.29 is 9.26 Å². The summed E-state index contributed by atoms with van der Waals surface area (Å²) in [5, 5.41) is 8.15. The molecule has 142 valence electrons. The van der Waals surface area contributed by atoms with E-state index in [4.69, 9.17) is 9.26 Å². The van der Waals surface area contributed by atoms with Crippen molar-refractivity contribution in [1.82, 2.24) is 24.9 Å². The summed E-state index contributed by atoms with van der Waals surface area (Å²) >= 11 is 0. The summed E-state index contributed by atoms with van der Waals surface area (Å²) < 4.78 is 12.8. The van der Waals surface area contributed by atoms with Gasteiger partial charge in [0, 0.05) is 38.6 Å². The van der Waals surface area contributed by atoms with Gasteiger partial charge in [-0.1, -0.05) is 23.4 Å². The van der Waals surface area contributed by atoms with Gasteiger partial charge < -0.3 is 14.2 Å². The normalized spacial score (nSPS) is 10.8. The molecule has 0 saturated carbocycles. The summed E-state index contributed by atoms with van der Waals surface area (Å²) in [6, 6.07) is 13.4. The average molecular weight is 376 g/mol. The van der Waals surface area contributed by atoms with Crippen LogP contribution in [0.1, 0.15) is 11.4 Å². The van der Waals surface area contributed by atoms with E-state index in [1.165, 1.54) is 0 Å². The van der Waals surface area contributed by atoms with E-state index in [2.05, 4.69) is 20.2 Å². The highest BCUT2D eigenvalue weighted by molar-refractivity contribution is 5.54. The number of rotatable bonds is 7. The Balaban J connectivity index is 1.39. The Labute approximate surface area is 162 Å². The second kappa shape index (κ2) is 7.91. The van der Waals surface area contributed by atoms with Crippen molar-refractivity contribution in [1.29, 1.82) is 0 Å². The lowest BCUT2D eigenvalue weighted by Gasteiger charge is -2.17. The largest absolute Gasteiger partial charge is 0.485 e. The third-order valence-electron chi connectivity index (χ3n) is 4.14. The molecule has 0 fully saturated rings. The number of anilines is 1. The van der Waals surface area contributed by atoms with Gasteiger partial charge in [0.15, 0.2) is 6.61 Å². The molecule has 0 spiro atoms. The zero-order valence-corrected chi connectivity index (χ0v) is 15.7. The minimum absolute atomic E-state index is 0.243. The second-order valence-corrected chi connectivity index (χ2v) is 6.40. The van der Waals surface area contributed by atoms with Gasteiger partial charge in [0.1, 0.15) is 11.6 Å². The summed E-state index contributed by atoms with van der Waals surface area (Å²) in [4.78, 5) is 10.9. The van der Waals surface area contributed by atoms with E-state index in [9.17, 15) is 0 Å². The minimum Gasteiger partial charge on any atom is -0.485 e. The Bertz CT molecular complexity index is 1030. The summed E-state index contributed by atoms with van der Waals surface area (Å²) in [6.45, 7) is 0.967. The zero-order valence-electron chi connectivity index (χ0n) is 15.7.